The normalized spacial score (nSPS) is 16.2. The molecule has 1 aliphatic heterocycles. The lowest BCUT2D eigenvalue weighted by Gasteiger charge is -2.41. The van der Waals surface area contributed by atoms with Gasteiger partial charge in [0.05, 0.1) is 18.1 Å². The molecule has 1 atom stereocenters. The molecule has 7 nitrogen and oxygen atoms in total. The fourth-order valence-corrected chi connectivity index (χ4v) is 3.58. The predicted octanol–water partition coefficient (Wildman–Crippen LogP) is 3.89. The highest BCUT2D eigenvalue weighted by Crippen LogP contribution is 2.40. The highest BCUT2D eigenvalue weighted by atomic mass is 16.5. The van der Waals surface area contributed by atoms with Crippen molar-refractivity contribution in [2.24, 2.45) is 0 Å². The van der Waals surface area contributed by atoms with E-state index in [9.17, 15) is 0 Å². The molecule has 3 heterocycles. The van der Waals surface area contributed by atoms with Crippen molar-refractivity contribution in [2.45, 2.75) is 26.3 Å². The Hall–Kier alpha value is -3.48. The molecular formula is C21H20N6O. The molecule has 0 unspecified atom stereocenters. The van der Waals surface area contributed by atoms with Gasteiger partial charge in [-0.2, -0.15) is 15.2 Å². The molecule has 0 bridgehead atoms. The van der Waals surface area contributed by atoms with Crippen molar-refractivity contribution in [3.63, 3.8) is 0 Å². The maximum Gasteiger partial charge on any atom is 0.249 e. The average molecular weight is 372 g/mol. The minimum absolute atomic E-state index is 0.0576. The molecule has 0 N–H and O–H groups in total. The molecular weight excluding hydrogens is 352 g/mol. The van der Waals surface area contributed by atoms with E-state index in [0.717, 1.165) is 29.9 Å². The van der Waals surface area contributed by atoms with E-state index in [1.165, 1.54) is 11.1 Å². The van der Waals surface area contributed by atoms with E-state index in [1.54, 1.807) is 17.2 Å². The summed E-state index contributed by atoms with van der Waals surface area (Å²) in [5.74, 6) is 1.27. The van der Waals surface area contributed by atoms with Crippen LogP contribution in [0.5, 0.6) is 0 Å². The Balaban J connectivity index is 1.48. The Labute approximate surface area is 162 Å². The Morgan fingerprint density at radius 2 is 1.79 bits per heavy atom. The van der Waals surface area contributed by atoms with E-state index in [0.29, 0.717) is 11.7 Å². The van der Waals surface area contributed by atoms with Crippen LogP contribution in [-0.2, 0) is 0 Å². The number of rotatable bonds is 4. The van der Waals surface area contributed by atoms with Gasteiger partial charge in [-0.1, -0.05) is 35.0 Å². The lowest BCUT2D eigenvalue weighted by molar-refractivity contribution is 0.309. The smallest absolute Gasteiger partial charge is 0.249 e. The monoisotopic (exact) mass is 372 g/mol. The van der Waals surface area contributed by atoms with Crippen LogP contribution < -0.4 is 4.90 Å². The molecule has 0 amide bonds. The summed E-state index contributed by atoms with van der Waals surface area (Å²) in [6.07, 6.45) is 4.34. The summed E-state index contributed by atoms with van der Waals surface area (Å²) >= 11 is 0. The Morgan fingerprint density at radius 1 is 0.964 bits per heavy atom. The summed E-state index contributed by atoms with van der Waals surface area (Å²) in [5.41, 5.74) is 5.34. The second kappa shape index (κ2) is 6.60. The van der Waals surface area contributed by atoms with Gasteiger partial charge in [0.15, 0.2) is 0 Å². The quantitative estimate of drug-likeness (QED) is 0.541. The van der Waals surface area contributed by atoms with E-state index in [2.05, 4.69) is 63.4 Å². The summed E-state index contributed by atoms with van der Waals surface area (Å²) in [6, 6.07) is 14.5. The van der Waals surface area contributed by atoms with Crippen molar-refractivity contribution in [3.05, 3.63) is 71.9 Å². The zero-order chi connectivity index (χ0) is 19.1. The molecule has 28 heavy (non-hydrogen) atoms. The molecule has 1 saturated heterocycles. The second-order valence-corrected chi connectivity index (χ2v) is 7.13. The summed E-state index contributed by atoms with van der Waals surface area (Å²) in [7, 11) is 0. The van der Waals surface area contributed by atoms with Crippen molar-refractivity contribution in [1.82, 2.24) is 25.1 Å². The minimum Gasteiger partial charge on any atom is -0.358 e. The van der Waals surface area contributed by atoms with Crippen LogP contribution in [0.3, 0.4) is 0 Å². The first-order valence-corrected chi connectivity index (χ1v) is 9.34. The molecule has 2 aromatic carbocycles. The molecule has 2 aromatic heterocycles. The van der Waals surface area contributed by atoms with Gasteiger partial charge >= 0.3 is 0 Å². The first-order valence-electron chi connectivity index (χ1n) is 9.34. The van der Waals surface area contributed by atoms with Crippen LogP contribution in [0.2, 0.25) is 0 Å². The fourth-order valence-electron chi connectivity index (χ4n) is 3.58. The largest absolute Gasteiger partial charge is 0.358 e. The third-order valence-corrected chi connectivity index (χ3v) is 5.10. The van der Waals surface area contributed by atoms with Gasteiger partial charge in [-0.3, -0.25) is 0 Å². The first-order chi connectivity index (χ1) is 13.7. The van der Waals surface area contributed by atoms with E-state index in [-0.39, 0.29) is 6.04 Å². The van der Waals surface area contributed by atoms with Crippen LogP contribution in [0, 0.1) is 13.8 Å². The molecule has 4 aromatic rings. The van der Waals surface area contributed by atoms with Gasteiger partial charge in [0.1, 0.15) is 11.7 Å². The maximum atomic E-state index is 5.63. The molecule has 1 fully saturated rings. The lowest BCUT2D eigenvalue weighted by Crippen LogP contribution is -2.41. The summed E-state index contributed by atoms with van der Waals surface area (Å²) < 4.78 is 5.63. The Morgan fingerprint density at radius 3 is 2.54 bits per heavy atom. The van der Waals surface area contributed by atoms with Crippen molar-refractivity contribution >= 4 is 5.69 Å². The molecule has 0 spiro atoms. The molecule has 140 valence electrons. The van der Waals surface area contributed by atoms with Crippen molar-refractivity contribution in [2.75, 3.05) is 11.4 Å². The van der Waals surface area contributed by atoms with Crippen molar-refractivity contribution < 1.29 is 4.52 Å². The van der Waals surface area contributed by atoms with E-state index in [4.69, 9.17) is 4.52 Å². The van der Waals surface area contributed by atoms with Crippen LogP contribution in [0.1, 0.15) is 29.5 Å². The minimum atomic E-state index is 0.0576. The van der Waals surface area contributed by atoms with Gasteiger partial charge in [0.2, 0.25) is 11.7 Å². The van der Waals surface area contributed by atoms with Crippen LogP contribution >= 0.6 is 0 Å². The standard InChI is InChI=1S/C21H20N6O/c1-14-4-3-5-16(12-14)20-24-21(28-25-20)18-8-11-26(18)19-13-15(2)6-7-17(19)27-22-9-10-23-27/h3-7,9-10,12-13,18H,8,11H2,1-2H3/t18-/m0/s1. The number of aryl methyl sites for hydroxylation is 2. The van der Waals surface area contributed by atoms with Crippen molar-refractivity contribution in [1.29, 1.82) is 0 Å². The summed E-state index contributed by atoms with van der Waals surface area (Å²) in [4.78, 5) is 8.60. The number of aromatic nitrogens is 5. The van der Waals surface area contributed by atoms with Gasteiger partial charge in [-0.05, 0) is 44.0 Å². The third-order valence-electron chi connectivity index (χ3n) is 5.10. The van der Waals surface area contributed by atoms with Crippen LogP contribution in [0.4, 0.5) is 5.69 Å². The Bertz CT molecular complexity index is 1120. The number of benzene rings is 2. The zero-order valence-electron chi connectivity index (χ0n) is 15.8. The van der Waals surface area contributed by atoms with Gasteiger partial charge in [-0.15, -0.1) is 4.80 Å². The highest BCUT2D eigenvalue weighted by Gasteiger charge is 2.36. The van der Waals surface area contributed by atoms with Crippen LogP contribution in [0.25, 0.3) is 17.1 Å². The first kappa shape index (κ1) is 16.7. The average Bonchev–Trinajstić information content (AvgIpc) is 3.33. The van der Waals surface area contributed by atoms with E-state index < -0.39 is 0 Å². The molecule has 0 aliphatic carbocycles. The Kier molecular flexibility index (Phi) is 3.93. The second-order valence-electron chi connectivity index (χ2n) is 7.13. The number of hydrogen-bond acceptors (Lipinski definition) is 6. The third kappa shape index (κ3) is 2.85. The molecule has 5 rings (SSSR count). The molecule has 1 aliphatic rings. The molecule has 0 radical (unpaired) electrons. The SMILES string of the molecule is Cc1cccc(-c2noc([C@@H]3CCN3c3cc(C)ccc3-n3nccn3)n2)c1. The number of anilines is 1. The fraction of sp³-hybridized carbons (Fsp3) is 0.238. The summed E-state index contributed by atoms with van der Waals surface area (Å²) in [5, 5.41) is 12.8. The van der Waals surface area contributed by atoms with Crippen LogP contribution in [0.15, 0.2) is 59.4 Å². The lowest BCUT2D eigenvalue weighted by atomic mass is 10.00. The summed E-state index contributed by atoms with van der Waals surface area (Å²) in [6.45, 7) is 5.06. The topological polar surface area (TPSA) is 72.9 Å². The van der Waals surface area contributed by atoms with Gasteiger partial charge in [0, 0.05) is 12.1 Å². The van der Waals surface area contributed by atoms with E-state index in [1.807, 2.05) is 18.2 Å². The van der Waals surface area contributed by atoms with E-state index >= 15 is 0 Å². The van der Waals surface area contributed by atoms with Gasteiger partial charge < -0.3 is 9.42 Å². The molecule has 0 saturated carbocycles. The zero-order valence-corrected chi connectivity index (χ0v) is 15.8. The maximum absolute atomic E-state index is 5.63. The molecule has 7 heteroatoms. The van der Waals surface area contributed by atoms with Gasteiger partial charge in [0.25, 0.3) is 0 Å². The van der Waals surface area contributed by atoms with Gasteiger partial charge in [-0.25, -0.2) is 0 Å². The highest BCUT2D eigenvalue weighted by molar-refractivity contribution is 5.65. The van der Waals surface area contributed by atoms with Crippen LogP contribution in [-0.4, -0.2) is 31.7 Å². The predicted molar refractivity (Wildman–Crippen MR) is 105 cm³/mol. The number of nitrogens with zero attached hydrogens (tertiary/aromatic N) is 6. The van der Waals surface area contributed by atoms with Crippen molar-refractivity contribution in [3.8, 4) is 17.1 Å². The number of hydrogen-bond donors (Lipinski definition) is 0.